The lowest BCUT2D eigenvalue weighted by atomic mass is 9.97. The molecule has 0 bridgehead atoms. The van der Waals surface area contributed by atoms with Crippen molar-refractivity contribution in [2.75, 3.05) is 44.2 Å². The predicted octanol–water partition coefficient (Wildman–Crippen LogP) is 2.93. The summed E-state index contributed by atoms with van der Waals surface area (Å²) in [6, 6.07) is 15.4. The predicted molar refractivity (Wildman–Crippen MR) is 149 cm³/mol. The van der Waals surface area contributed by atoms with Crippen molar-refractivity contribution >= 4 is 50.7 Å². The van der Waals surface area contributed by atoms with Crippen LogP contribution in [0.3, 0.4) is 0 Å². The largest absolute Gasteiger partial charge is 0.361 e. The zero-order chi connectivity index (χ0) is 26.1. The van der Waals surface area contributed by atoms with Crippen LogP contribution >= 0.6 is 0 Å². The minimum Gasteiger partial charge on any atom is -0.361 e. The molecular formula is C29H31N7O2. The highest BCUT2D eigenvalue weighted by atomic mass is 16.2. The second-order valence-corrected chi connectivity index (χ2v) is 9.85. The molecule has 0 spiro atoms. The van der Waals surface area contributed by atoms with Gasteiger partial charge in [-0.1, -0.05) is 42.8 Å². The number of nitrogens with one attached hydrogen (secondary N) is 2. The molecule has 0 saturated carbocycles. The Morgan fingerprint density at radius 1 is 0.816 bits per heavy atom. The Kier molecular flexibility index (Phi) is 6.61. The van der Waals surface area contributed by atoms with Gasteiger partial charge in [0.05, 0.1) is 22.4 Å². The van der Waals surface area contributed by atoms with Crippen LogP contribution in [0.4, 0.5) is 5.95 Å². The summed E-state index contributed by atoms with van der Waals surface area (Å²) in [4.78, 5) is 44.1. The number of hydrogen-bond donors (Lipinski definition) is 3. The normalized spacial score (nSPS) is 16.7. The third-order valence-corrected chi connectivity index (χ3v) is 7.45. The van der Waals surface area contributed by atoms with Crippen LogP contribution in [0.1, 0.15) is 30.5 Å². The molecular weight excluding hydrogens is 478 g/mol. The summed E-state index contributed by atoms with van der Waals surface area (Å²) >= 11 is 0. The third-order valence-electron chi connectivity index (χ3n) is 7.45. The van der Waals surface area contributed by atoms with Gasteiger partial charge in [-0.05, 0) is 38.1 Å². The number of fused-ring (bicyclic) bond motifs is 2. The molecule has 0 atom stereocenters. The van der Waals surface area contributed by atoms with Gasteiger partial charge in [-0.3, -0.25) is 19.8 Å². The molecule has 194 valence electrons. The number of para-hydroxylation sites is 2. The van der Waals surface area contributed by atoms with Crippen molar-refractivity contribution in [2.45, 2.75) is 19.3 Å². The van der Waals surface area contributed by atoms with E-state index in [1.54, 1.807) is 6.20 Å². The number of benzene rings is 2. The first-order chi connectivity index (χ1) is 18.6. The fourth-order valence-corrected chi connectivity index (χ4v) is 5.44. The third kappa shape index (κ3) is 4.44. The van der Waals surface area contributed by atoms with Crippen molar-refractivity contribution in [3.63, 3.8) is 0 Å². The Balaban J connectivity index is 1.39. The van der Waals surface area contributed by atoms with E-state index in [4.69, 9.17) is 15.7 Å². The average Bonchev–Trinajstić information content (AvgIpc) is 3.50. The van der Waals surface area contributed by atoms with Gasteiger partial charge in [0.25, 0.3) is 11.8 Å². The second-order valence-electron chi connectivity index (χ2n) is 9.85. The van der Waals surface area contributed by atoms with E-state index in [9.17, 15) is 9.59 Å². The van der Waals surface area contributed by atoms with Crippen LogP contribution in [-0.4, -0.2) is 70.9 Å². The number of carbonyl (C=O) groups is 2. The van der Waals surface area contributed by atoms with Crippen molar-refractivity contribution < 1.29 is 9.59 Å². The summed E-state index contributed by atoms with van der Waals surface area (Å²) in [5.74, 6) is -0.269. The molecule has 38 heavy (non-hydrogen) atoms. The van der Waals surface area contributed by atoms with Crippen molar-refractivity contribution in [2.24, 2.45) is 5.73 Å². The molecule has 2 aliphatic rings. The number of aromatic nitrogens is 3. The van der Waals surface area contributed by atoms with Crippen LogP contribution in [-0.2, 0) is 9.59 Å². The van der Waals surface area contributed by atoms with Crippen LogP contribution in [0.2, 0.25) is 0 Å². The average molecular weight is 510 g/mol. The Hall–Kier alpha value is -4.08. The van der Waals surface area contributed by atoms with E-state index in [1.165, 1.54) is 0 Å². The molecule has 4 N–H and O–H groups in total. The van der Waals surface area contributed by atoms with Crippen LogP contribution < -0.4 is 16.0 Å². The maximum atomic E-state index is 13.3. The Morgan fingerprint density at radius 3 is 2.37 bits per heavy atom. The van der Waals surface area contributed by atoms with Gasteiger partial charge in [0.2, 0.25) is 5.95 Å². The van der Waals surface area contributed by atoms with Gasteiger partial charge in [0.1, 0.15) is 0 Å². The summed E-state index contributed by atoms with van der Waals surface area (Å²) < 4.78 is 0. The first-order valence-electron chi connectivity index (χ1n) is 13.2. The molecule has 2 amide bonds. The lowest BCUT2D eigenvalue weighted by Crippen LogP contribution is -2.47. The number of piperazine rings is 1. The zero-order valence-corrected chi connectivity index (χ0v) is 21.2. The fourth-order valence-electron chi connectivity index (χ4n) is 5.44. The summed E-state index contributed by atoms with van der Waals surface area (Å²) in [6.45, 7) is 5.27. The van der Waals surface area contributed by atoms with Crippen LogP contribution in [0.5, 0.6) is 0 Å². The number of nitrogens with two attached hydrogens (primary N) is 1. The van der Waals surface area contributed by atoms with E-state index in [2.05, 4.69) is 20.1 Å². The molecule has 2 aromatic heterocycles. The monoisotopic (exact) mass is 509 g/mol. The number of unbranched alkanes of at least 4 members (excludes halogenated alkanes) is 2. The molecule has 9 nitrogen and oxygen atoms in total. The first kappa shape index (κ1) is 24.3. The molecule has 0 aliphatic carbocycles. The minimum atomic E-state index is -0.438. The van der Waals surface area contributed by atoms with E-state index in [0.29, 0.717) is 22.8 Å². The van der Waals surface area contributed by atoms with Crippen molar-refractivity contribution in [1.29, 1.82) is 0 Å². The van der Waals surface area contributed by atoms with Gasteiger partial charge in [-0.25, -0.2) is 9.97 Å². The molecule has 2 aromatic carbocycles. The van der Waals surface area contributed by atoms with Gasteiger partial charge >= 0.3 is 0 Å². The summed E-state index contributed by atoms with van der Waals surface area (Å²) in [5, 5.41) is 4.14. The van der Waals surface area contributed by atoms with Crippen LogP contribution in [0.25, 0.3) is 33.0 Å². The second kappa shape index (κ2) is 10.4. The molecule has 1 fully saturated rings. The zero-order valence-electron chi connectivity index (χ0n) is 21.2. The van der Waals surface area contributed by atoms with E-state index in [0.717, 1.165) is 80.3 Å². The smallest absolute Gasteiger partial charge is 0.261 e. The molecule has 9 heteroatoms. The number of aromatic amines is 1. The topological polar surface area (TPSA) is 120 Å². The highest BCUT2D eigenvalue weighted by Gasteiger charge is 2.36. The minimum absolute atomic E-state index is 0.290. The Morgan fingerprint density at radius 2 is 1.55 bits per heavy atom. The Bertz CT molecular complexity index is 1550. The molecule has 1 saturated heterocycles. The quantitative estimate of drug-likeness (QED) is 0.247. The number of H-pyrrole nitrogens is 1. The molecule has 4 heterocycles. The highest BCUT2D eigenvalue weighted by Crippen LogP contribution is 2.37. The van der Waals surface area contributed by atoms with Gasteiger partial charge < -0.3 is 15.6 Å². The van der Waals surface area contributed by atoms with Crippen molar-refractivity contribution in [3.05, 3.63) is 66.0 Å². The maximum absolute atomic E-state index is 13.3. The number of rotatable bonds is 8. The van der Waals surface area contributed by atoms with E-state index in [1.807, 2.05) is 48.5 Å². The standard InChI is InChI=1S/C29H31N7O2/c30-12-6-1-7-13-35-14-16-36(17-15-35)29-32-23-11-5-3-9-20(23)26(33-29)25-24(27(37)34-28(25)38)21-18-31-22-10-4-2-8-19(21)22/h2-5,8-11,18,31H,1,6-7,12-17,30H2,(H,34,37,38). The molecule has 0 unspecified atom stereocenters. The van der Waals surface area contributed by atoms with Gasteiger partial charge in [0, 0.05) is 54.2 Å². The number of anilines is 1. The summed E-state index contributed by atoms with van der Waals surface area (Å²) in [6.07, 6.45) is 5.17. The van der Waals surface area contributed by atoms with E-state index in [-0.39, 0.29) is 5.57 Å². The lowest BCUT2D eigenvalue weighted by molar-refractivity contribution is -0.122. The van der Waals surface area contributed by atoms with E-state index >= 15 is 0 Å². The van der Waals surface area contributed by atoms with Gasteiger partial charge in [-0.2, -0.15) is 0 Å². The molecule has 2 aliphatic heterocycles. The summed E-state index contributed by atoms with van der Waals surface area (Å²) in [5.41, 5.74) is 9.06. The highest BCUT2D eigenvalue weighted by molar-refractivity contribution is 6.50. The van der Waals surface area contributed by atoms with Gasteiger partial charge in [-0.15, -0.1) is 0 Å². The van der Waals surface area contributed by atoms with Gasteiger partial charge in [0.15, 0.2) is 0 Å². The Labute approximate surface area is 220 Å². The molecule has 6 rings (SSSR count). The van der Waals surface area contributed by atoms with E-state index < -0.39 is 11.8 Å². The molecule has 4 aromatic rings. The number of carbonyl (C=O) groups excluding carboxylic acids is 2. The van der Waals surface area contributed by atoms with Crippen molar-refractivity contribution in [3.8, 4) is 0 Å². The SMILES string of the molecule is NCCCCCN1CCN(c2nc(C3=C(c4c[nH]c5ccccc45)C(=O)NC3=O)c3ccccc3n2)CC1. The van der Waals surface area contributed by atoms with Crippen LogP contribution in [0, 0.1) is 0 Å². The summed E-state index contributed by atoms with van der Waals surface area (Å²) in [7, 11) is 0. The van der Waals surface area contributed by atoms with Crippen LogP contribution in [0.15, 0.2) is 54.7 Å². The molecule has 0 radical (unpaired) electrons. The lowest BCUT2D eigenvalue weighted by Gasteiger charge is -2.35. The number of nitrogens with zero attached hydrogens (tertiary/aromatic N) is 4. The number of imide groups is 1. The fraction of sp³-hybridized carbons (Fsp3) is 0.310. The maximum Gasteiger partial charge on any atom is 0.261 e. The number of hydrogen-bond acceptors (Lipinski definition) is 7. The first-order valence-corrected chi connectivity index (χ1v) is 13.2. The number of amides is 2. The van der Waals surface area contributed by atoms with Crippen molar-refractivity contribution in [1.82, 2.24) is 25.2 Å².